The molecule has 5 aromatic rings. The normalized spacial score (nSPS) is 13.4. The maximum absolute atomic E-state index is 13.5. The molecule has 192 valence electrons. The fourth-order valence-corrected chi connectivity index (χ4v) is 5.98. The topological polar surface area (TPSA) is 122 Å². The minimum atomic E-state index is -0.435. The number of H-pyrrole nitrogens is 1. The molecule has 0 spiro atoms. The van der Waals surface area contributed by atoms with Crippen LogP contribution in [0, 0.1) is 0 Å². The molecule has 0 aliphatic carbocycles. The van der Waals surface area contributed by atoms with Crippen LogP contribution in [0.1, 0.15) is 43.3 Å². The Kier molecular flexibility index (Phi) is 6.20. The average Bonchev–Trinajstić information content (AvgIpc) is 3.61. The lowest BCUT2D eigenvalue weighted by Gasteiger charge is -2.20. The number of aryl methyl sites for hydroxylation is 1. The van der Waals surface area contributed by atoms with Crippen molar-refractivity contribution in [2.75, 3.05) is 19.0 Å². The molecule has 1 aliphatic rings. The molecule has 6 rings (SSSR count). The summed E-state index contributed by atoms with van der Waals surface area (Å²) in [7, 11) is 1.33. The van der Waals surface area contributed by atoms with Gasteiger partial charge >= 0.3 is 5.97 Å². The van der Waals surface area contributed by atoms with Crippen molar-refractivity contribution >= 4 is 71.3 Å². The van der Waals surface area contributed by atoms with E-state index in [1.54, 1.807) is 33.8 Å². The van der Waals surface area contributed by atoms with Gasteiger partial charge in [0, 0.05) is 29.1 Å². The molecular formula is C26H21BrN6O4S. The number of methoxy groups -OCH3 is 1. The maximum atomic E-state index is 13.5. The van der Waals surface area contributed by atoms with Gasteiger partial charge < -0.3 is 14.6 Å². The first kappa shape index (κ1) is 24.3. The molecule has 0 radical (unpaired) electrons. The predicted molar refractivity (Wildman–Crippen MR) is 146 cm³/mol. The van der Waals surface area contributed by atoms with Gasteiger partial charge in [-0.3, -0.25) is 19.6 Å². The average molecular weight is 593 g/mol. The van der Waals surface area contributed by atoms with Crippen molar-refractivity contribution in [1.29, 1.82) is 0 Å². The summed E-state index contributed by atoms with van der Waals surface area (Å²) in [5, 5.41) is 8.66. The van der Waals surface area contributed by atoms with Gasteiger partial charge in [0.15, 0.2) is 10.8 Å². The maximum Gasteiger partial charge on any atom is 0.337 e. The number of carbonyl (C=O) groups is 3. The third-order valence-electron chi connectivity index (χ3n) is 6.42. The van der Waals surface area contributed by atoms with Crippen molar-refractivity contribution in [2.45, 2.75) is 19.5 Å². The van der Waals surface area contributed by atoms with E-state index in [4.69, 9.17) is 4.74 Å². The van der Waals surface area contributed by atoms with Gasteiger partial charge in [-0.15, -0.1) is 0 Å². The van der Waals surface area contributed by atoms with E-state index in [1.807, 2.05) is 24.4 Å². The molecule has 10 nitrogen and oxygen atoms in total. The third kappa shape index (κ3) is 4.45. The first-order valence-electron chi connectivity index (χ1n) is 11.8. The largest absolute Gasteiger partial charge is 0.465 e. The van der Waals surface area contributed by atoms with Crippen LogP contribution in [0.15, 0.2) is 53.1 Å². The summed E-state index contributed by atoms with van der Waals surface area (Å²) in [6.07, 6.45) is 2.53. The summed E-state index contributed by atoms with van der Waals surface area (Å²) >= 11 is 4.76. The summed E-state index contributed by atoms with van der Waals surface area (Å²) in [5.41, 5.74) is 3.50. The molecule has 0 fully saturated rings. The predicted octanol–water partition coefficient (Wildman–Crippen LogP) is 4.82. The Morgan fingerprint density at radius 1 is 1.13 bits per heavy atom. The molecule has 0 saturated heterocycles. The van der Waals surface area contributed by atoms with E-state index in [-0.39, 0.29) is 11.6 Å². The lowest BCUT2D eigenvalue weighted by molar-refractivity contribution is 0.0600. The molecule has 4 heterocycles. The van der Waals surface area contributed by atoms with Crippen LogP contribution in [-0.2, 0) is 17.8 Å². The molecule has 2 amide bonds. The number of esters is 1. The molecule has 0 bridgehead atoms. The molecule has 0 atom stereocenters. The molecule has 1 aliphatic heterocycles. The number of hydrogen-bond donors (Lipinski definition) is 2. The minimum absolute atomic E-state index is 0.0831. The van der Waals surface area contributed by atoms with Crippen LogP contribution >= 0.6 is 27.3 Å². The third-order valence-corrected chi connectivity index (χ3v) is 7.81. The number of aromatic nitrogens is 4. The zero-order valence-electron chi connectivity index (χ0n) is 20.2. The van der Waals surface area contributed by atoms with Crippen molar-refractivity contribution in [1.82, 2.24) is 24.6 Å². The molecule has 2 aromatic carbocycles. The Bertz CT molecular complexity index is 1740. The van der Waals surface area contributed by atoms with Crippen molar-refractivity contribution < 1.29 is 19.1 Å². The second-order valence-corrected chi connectivity index (χ2v) is 10.8. The van der Waals surface area contributed by atoms with Crippen molar-refractivity contribution in [2.24, 2.45) is 0 Å². The van der Waals surface area contributed by atoms with Gasteiger partial charge in [0.1, 0.15) is 0 Å². The summed E-state index contributed by atoms with van der Waals surface area (Å²) in [6, 6.07) is 12.5. The molecule has 12 heteroatoms. The minimum Gasteiger partial charge on any atom is -0.465 e. The van der Waals surface area contributed by atoms with Gasteiger partial charge in [-0.2, -0.15) is 5.10 Å². The zero-order valence-corrected chi connectivity index (χ0v) is 22.6. The van der Waals surface area contributed by atoms with Crippen LogP contribution in [-0.4, -0.2) is 56.1 Å². The van der Waals surface area contributed by atoms with Gasteiger partial charge in [-0.05, 0) is 48.9 Å². The number of ether oxygens (including phenoxy) is 1. The number of fused-ring (bicyclic) bond motifs is 3. The number of carbonyl (C=O) groups excluding carboxylic acids is 3. The Labute approximate surface area is 228 Å². The number of rotatable bonds is 4. The standard InChI is InChI=1S/C26H21BrN6O4S/c1-37-25(36)15-3-4-19-21(10-15)38-26(29-19)30-23(34)20-12-17-13-32(7-2-8-33(17)31-20)24(35)18-11-16(27)9-14-5-6-28-22(14)18/h3-6,9-12,28H,2,7-8,13H2,1H3,(H,29,30,34). The number of hydrogen-bond acceptors (Lipinski definition) is 7. The second kappa shape index (κ2) is 9.69. The highest BCUT2D eigenvalue weighted by Crippen LogP contribution is 2.28. The molecular weight excluding hydrogens is 572 g/mol. The van der Waals surface area contributed by atoms with Gasteiger partial charge in [0.2, 0.25) is 0 Å². The Morgan fingerprint density at radius 2 is 2.00 bits per heavy atom. The Balaban J connectivity index is 1.21. The summed E-state index contributed by atoms with van der Waals surface area (Å²) in [5.74, 6) is -0.911. The highest BCUT2D eigenvalue weighted by atomic mass is 79.9. The zero-order chi connectivity index (χ0) is 26.4. The van der Waals surface area contributed by atoms with Gasteiger partial charge in [-0.1, -0.05) is 27.3 Å². The monoisotopic (exact) mass is 592 g/mol. The number of nitrogens with one attached hydrogen (secondary N) is 2. The Morgan fingerprint density at radius 3 is 2.84 bits per heavy atom. The number of thiazole rings is 1. The molecule has 3 aromatic heterocycles. The SMILES string of the molecule is COC(=O)c1ccc2nc(NC(=O)c3cc4n(n3)CCCN(C(=O)c3cc(Br)cc5cc[nH]c35)C4)sc2c1. The fraction of sp³-hybridized carbons (Fsp3) is 0.192. The van der Waals surface area contributed by atoms with Crippen molar-refractivity contribution in [3.8, 4) is 0 Å². The number of aromatic amines is 1. The lowest BCUT2D eigenvalue weighted by Crippen LogP contribution is -2.31. The molecule has 0 saturated carbocycles. The second-order valence-electron chi connectivity index (χ2n) is 8.87. The highest BCUT2D eigenvalue weighted by molar-refractivity contribution is 9.10. The van der Waals surface area contributed by atoms with Crippen LogP contribution in [0.4, 0.5) is 5.13 Å². The van der Waals surface area contributed by atoms with E-state index in [0.717, 1.165) is 25.8 Å². The first-order valence-corrected chi connectivity index (χ1v) is 13.4. The van der Waals surface area contributed by atoms with E-state index >= 15 is 0 Å². The van der Waals surface area contributed by atoms with Crippen LogP contribution in [0.2, 0.25) is 0 Å². The van der Waals surface area contributed by atoms with Gasteiger partial charge in [-0.25, -0.2) is 9.78 Å². The number of nitrogens with zero attached hydrogens (tertiary/aromatic N) is 4. The van der Waals surface area contributed by atoms with Crippen LogP contribution in [0.3, 0.4) is 0 Å². The highest BCUT2D eigenvalue weighted by Gasteiger charge is 2.25. The summed E-state index contributed by atoms with van der Waals surface area (Å²) < 4.78 is 8.14. The van der Waals surface area contributed by atoms with Crippen LogP contribution in [0.5, 0.6) is 0 Å². The van der Waals surface area contributed by atoms with E-state index < -0.39 is 11.9 Å². The van der Waals surface area contributed by atoms with E-state index in [2.05, 4.69) is 36.3 Å². The molecule has 0 unspecified atom stereocenters. The van der Waals surface area contributed by atoms with Crippen molar-refractivity contribution in [3.63, 3.8) is 0 Å². The summed E-state index contributed by atoms with van der Waals surface area (Å²) in [4.78, 5) is 47.7. The van der Waals surface area contributed by atoms with Crippen LogP contribution < -0.4 is 5.32 Å². The smallest absolute Gasteiger partial charge is 0.337 e. The van der Waals surface area contributed by atoms with Gasteiger partial charge in [0.05, 0.1) is 46.2 Å². The fourth-order valence-electron chi connectivity index (χ4n) is 4.60. The number of benzene rings is 2. The van der Waals surface area contributed by atoms with Crippen molar-refractivity contribution in [3.05, 3.63) is 75.6 Å². The van der Waals surface area contributed by atoms with E-state index in [1.165, 1.54) is 18.4 Å². The quantitative estimate of drug-likeness (QED) is 0.288. The van der Waals surface area contributed by atoms with Gasteiger partial charge in [0.25, 0.3) is 11.8 Å². The molecule has 2 N–H and O–H groups in total. The summed E-state index contributed by atoms with van der Waals surface area (Å²) in [6.45, 7) is 1.52. The number of halogens is 1. The van der Waals surface area contributed by atoms with E-state index in [0.29, 0.717) is 47.8 Å². The Hall–Kier alpha value is -4.03. The number of anilines is 1. The van der Waals surface area contributed by atoms with Crippen LogP contribution in [0.25, 0.3) is 21.1 Å². The number of amides is 2. The molecule has 38 heavy (non-hydrogen) atoms. The van der Waals surface area contributed by atoms with E-state index in [9.17, 15) is 14.4 Å². The first-order chi connectivity index (χ1) is 18.4. The lowest BCUT2D eigenvalue weighted by atomic mass is 10.1.